The van der Waals surface area contributed by atoms with Crippen LogP contribution in [0.25, 0.3) is 0 Å². The van der Waals surface area contributed by atoms with E-state index in [9.17, 15) is 9.59 Å². The summed E-state index contributed by atoms with van der Waals surface area (Å²) in [5, 5.41) is 0. The average molecular weight is 433 g/mol. The molecule has 0 spiro atoms. The van der Waals surface area contributed by atoms with Gasteiger partial charge < -0.3 is 9.47 Å². The van der Waals surface area contributed by atoms with E-state index in [4.69, 9.17) is 9.47 Å². The molecule has 2 unspecified atom stereocenters. The zero-order chi connectivity index (χ0) is 23.8. The standard InChI is InChI=1S/C27H44O4/c1-10-12-14-22(26(4,5)6)30-24(28)20-17-16-19(3)18-21(20)25(29)31-23(15-13-11-2)27(7,8)9/h16-18,22-23H,10-15H2,1-9H3. The Morgan fingerprint density at radius 2 is 1.19 bits per heavy atom. The van der Waals surface area contributed by atoms with Gasteiger partial charge in [-0.25, -0.2) is 9.59 Å². The van der Waals surface area contributed by atoms with Crippen molar-refractivity contribution in [2.75, 3.05) is 0 Å². The largest absolute Gasteiger partial charge is 0.458 e. The maximum atomic E-state index is 13.2. The van der Waals surface area contributed by atoms with E-state index in [0.717, 1.165) is 44.1 Å². The van der Waals surface area contributed by atoms with Crippen LogP contribution in [0.3, 0.4) is 0 Å². The molecule has 0 aromatic heterocycles. The monoisotopic (exact) mass is 432 g/mol. The van der Waals surface area contributed by atoms with Crippen LogP contribution in [0.4, 0.5) is 0 Å². The molecule has 0 heterocycles. The van der Waals surface area contributed by atoms with Gasteiger partial charge in [-0.05, 0) is 42.7 Å². The number of hydrogen-bond acceptors (Lipinski definition) is 4. The van der Waals surface area contributed by atoms with E-state index in [-0.39, 0.29) is 28.6 Å². The summed E-state index contributed by atoms with van der Waals surface area (Å²) in [6.07, 6.45) is 5.25. The van der Waals surface area contributed by atoms with Crippen LogP contribution in [0.15, 0.2) is 18.2 Å². The Kier molecular flexibility index (Phi) is 10.3. The minimum atomic E-state index is -0.455. The third-order valence-corrected chi connectivity index (χ3v) is 5.69. The first-order chi connectivity index (χ1) is 14.3. The number of carbonyl (C=O) groups is 2. The summed E-state index contributed by atoms with van der Waals surface area (Å²) in [7, 11) is 0. The molecule has 1 aromatic carbocycles. The smallest absolute Gasteiger partial charge is 0.339 e. The van der Waals surface area contributed by atoms with Crippen molar-refractivity contribution in [1.29, 1.82) is 0 Å². The molecule has 0 radical (unpaired) electrons. The van der Waals surface area contributed by atoms with Crippen molar-refractivity contribution < 1.29 is 19.1 Å². The number of esters is 2. The highest BCUT2D eigenvalue weighted by Crippen LogP contribution is 2.30. The predicted octanol–water partition coefficient (Wildman–Crippen LogP) is 7.52. The molecule has 0 N–H and O–H groups in total. The van der Waals surface area contributed by atoms with Gasteiger partial charge in [0.2, 0.25) is 0 Å². The van der Waals surface area contributed by atoms with Gasteiger partial charge in [-0.3, -0.25) is 0 Å². The molecular formula is C27H44O4. The summed E-state index contributed by atoms with van der Waals surface area (Å²) in [6, 6.07) is 5.26. The summed E-state index contributed by atoms with van der Waals surface area (Å²) in [6.45, 7) is 18.6. The second kappa shape index (κ2) is 11.7. The van der Waals surface area contributed by atoms with E-state index < -0.39 is 11.9 Å². The minimum Gasteiger partial charge on any atom is -0.458 e. The maximum Gasteiger partial charge on any atom is 0.339 e. The van der Waals surface area contributed by atoms with Gasteiger partial charge in [-0.1, -0.05) is 92.7 Å². The van der Waals surface area contributed by atoms with E-state index >= 15 is 0 Å². The van der Waals surface area contributed by atoms with Crippen LogP contribution in [0.1, 0.15) is 120 Å². The van der Waals surface area contributed by atoms with Gasteiger partial charge in [0.05, 0.1) is 11.1 Å². The van der Waals surface area contributed by atoms with Crippen LogP contribution in [0.5, 0.6) is 0 Å². The Hall–Kier alpha value is -1.84. The summed E-state index contributed by atoms with van der Waals surface area (Å²) < 4.78 is 11.9. The van der Waals surface area contributed by atoms with Crippen molar-refractivity contribution >= 4 is 11.9 Å². The van der Waals surface area contributed by atoms with Gasteiger partial charge >= 0.3 is 11.9 Å². The number of benzene rings is 1. The summed E-state index contributed by atoms with van der Waals surface area (Å²) in [5.41, 5.74) is 1.13. The number of unbranched alkanes of at least 4 members (excludes halogenated alkanes) is 2. The summed E-state index contributed by atoms with van der Waals surface area (Å²) >= 11 is 0. The Morgan fingerprint density at radius 1 is 0.774 bits per heavy atom. The quantitative estimate of drug-likeness (QED) is 0.359. The topological polar surface area (TPSA) is 52.6 Å². The Balaban J connectivity index is 3.17. The molecule has 2 atom stereocenters. The van der Waals surface area contributed by atoms with E-state index in [0.29, 0.717) is 5.56 Å². The van der Waals surface area contributed by atoms with Gasteiger partial charge in [0.15, 0.2) is 0 Å². The van der Waals surface area contributed by atoms with Crippen molar-refractivity contribution in [3.63, 3.8) is 0 Å². The molecule has 176 valence electrons. The lowest BCUT2D eigenvalue weighted by atomic mass is 9.85. The number of hydrogen-bond donors (Lipinski definition) is 0. The molecule has 4 nitrogen and oxygen atoms in total. The van der Waals surface area contributed by atoms with E-state index in [1.54, 1.807) is 12.1 Å². The summed E-state index contributed by atoms with van der Waals surface area (Å²) in [5.74, 6) is -0.906. The number of carbonyl (C=O) groups excluding carboxylic acids is 2. The predicted molar refractivity (Wildman–Crippen MR) is 128 cm³/mol. The fourth-order valence-electron chi connectivity index (χ4n) is 3.51. The third kappa shape index (κ3) is 8.66. The Morgan fingerprint density at radius 3 is 1.58 bits per heavy atom. The van der Waals surface area contributed by atoms with Gasteiger partial charge in [0.25, 0.3) is 0 Å². The van der Waals surface area contributed by atoms with Gasteiger partial charge in [0.1, 0.15) is 12.2 Å². The van der Waals surface area contributed by atoms with E-state index in [1.165, 1.54) is 0 Å². The second-order valence-corrected chi connectivity index (χ2v) is 10.9. The first-order valence-electron chi connectivity index (χ1n) is 11.8. The normalized spacial score (nSPS) is 14.1. The number of ether oxygens (including phenoxy) is 2. The lowest BCUT2D eigenvalue weighted by Gasteiger charge is -2.31. The lowest BCUT2D eigenvalue weighted by molar-refractivity contribution is -0.0106. The highest BCUT2D eigenvalue weighted by Gasteiger charge is 2.32. The second-order valence-electron chi connectivity index (χ2n) is 10.9. The van der Waals surface area contributed by atoms with Gasteiger partial charge in [-0.15, -0.1) is 0 Å². The van der Waals surface area contributed by atoms with E-state index in [1.807, 2.05) is 13.0 Å². The van der Waals surface area contributed by atoms with E-state index in [2.05, 4.69) is 55.4 Å². The highest BCUT2D eigenvalue weighted by atomic mass is 16.6. The first kappa shape index (κ1) is 27.2. The molecule has 0 saturated carbocycles. The Labute approximate surface area is 190 Å². The number of aryl methyl sites for hydroxylation is 1. The van der Waals surface area contributed by atoms with Crippen molar-refractivity contribution in [3.05, 3.63) is 34.9 Å². The molecule has 0 saturated heterocycles. The molecule has 0 bridgehead atoms. The molecule has 0 aliphatic rings. The van der Waals surface area contributed by atoms with Gasteiger partial charge in [0, 0.05) is 0 Å². The number of rotatable bonds is 10. The zero-order valence-corrected chi connectivity index (χ0v) is 21.3. The van der Waals surface area contributed by atoms with Crippen molar-refractivity contribution in [3.8, 4) is 0 Å². The maximum absolute atomic E-state index is 13.2. The molecular weight excluding hydrogens is 388 g/mol. The van der Waals surface area contributed by atoms with Crippen molar-refractivity contribution in [2.45, 2.75) is 113 Å². The Bertz CT molecular complexity index is 722. The lowest BCUT2D eigenvalue weighted by Crippen LogP contribution is -2.33. The van der Waals surface area contributed by atoms with Crippen LogP contribution in [-0.4, -0.2) is 24.1 Å². The molecule has 1 rings (SSSR count). The molecule has 31 heavy (non-hydrogen) atoms. The van der Waals surface area contributed by atoms with Crippen molar-refractivity contribution in [2.24, 2.45) is 10.8 Å². The average Bonchev–Trinajstić information content (AvgIpc) is 2.66. The highest BCUT2D eigenvalue weighted by molar-refractivity contribution is 6.03. The van der Waals surface area contributed by atoms with Gasteiger partial charge in [-0.2, -0.15) is 0 Å². The zero-order valence-electron chi connectivity index (χ0n) is 21.3. The minimum absolute atomic E-state index is 0.173. The molecule has 0 aliphatic carbocycles. The van der Waals surface area contributed by atoms with Crippen LogP contribution < -0.4 is 0 Å². The molecule has 0 aliphatic heterocycles. The summed E-state index contributed by atoms with van der Waals surface area (Å²) in [4.78, 5) is 26.3. The molecule has 0 amide bonds. The van der Waals surface area contributed by atoms with Crippen LogP contribution in [0.2, 0.25) is 0 Å². The van der Waals surface area contributed by atoms with Crippen LogP contribution in [-0.2, 0) is 9.47 Å². The van der Waals surface area contributed by atoms with Crippen molar-refractivity contribution in [1.82, 2.24) is 0 Å². The SMILES string of the molecule is CCCCC(OC(=O)c1ccc(C)cc1C(=O)OC(CCCC)C(C)(C)C)C(C)(C)C. The molecule has 0 fully saturated rings. The molecule has 4 heteroatoms. The fourth-order valence-corrected chi connectivity index (χ4v) is 3.51. The third-order valence-electron chi connectivity index (χ3n) is 5.69. The fraction of sp³-hybridized carbons (Fsp3) is 0.704. The first-order valence-corrected chi connectivity index (χ1v) is 11.8. The van der Waals surface area contributed by atoms with Crippen LogP contribution >= 0.6 is 0 Å². The van der Waals surface area contributed by atoms with Crippen LogP contribution in [0, 0.1) is 17.8 Å². The molecule has 1 aromatic rings.